The van der Waals surface area contributed by atoms with Gasteiger partial charge in [-0.3, -0.25) is 4.79 Å². The molecule has 3 saturated carbocycles. The van der Waals surface area contributed by atoms with E-state index in [2.05, 4.69) is 33.8 Å². The predicted molar refractivity (Wildman–Crippen MR) is 119 cm³/mol. The SMILES string of the molecule is CC(Cl)CCCC(C)C1CCC2C3CC=C4CC(=O)CCC4(C)C3CCC12C. The van der Waals surface area contributed by atoms with Gasteiger partial charge in [-0.2, -0.15) is 0 Å². The van der Waals surface area contributed by atoms with Crippen LogP contribution in [0, 0.1) is 40.4 Å². The van der Waals surface area contributed by atoms with Gasteiger partial charge in [-0.1, -0.05) is 45.3 Å². The van der Waals surface area contributed by atoms with E-state index in [0.717, 1.165) is 55.3 Å². The molecule has 0 radical (unpaired) electrons. The standard InChI is InChI=1S/C26H41ClO/c1-17(6-5-7-18(2)27)22-10-11-23-21-9-8-19-16-20(28)12-14-25(19,3)24(21)13-15-26(22,23)4/h8,17-18,21-24H,5-7,9-16H2,1-4H3. The summed E-state index contributed by atoms with van der Waals surface area (Å²) in [6, 6.07) is 0. The van der Waals surface area contributed by atoms with Crippen molar-refractivity contribution < 1.29 is 4.79 Å². The number of fused-ring (bicyclic) bond motifs is 5. The Kier molecular flexibility index (Phi) is 5.80. The van der Waals surface area contributed by atoms with Crippen molar-refractivity contribution in [3.63, 3.8) is 0 Å². The Hall–Kier alpha value is -0.300. The number of carbonyl (C=O) groups is 1. The summed E-state index contributed by atoms with van der Waals surface area (Å²) in [5.41, 5.74) is 2.37. The number of ketones is 1. The molecule has 3 fully saturated rings. The number of alkyl halides is 1. The van der Waals surface area contributed by atoms with E-state index in [9.17, 15) is 4.79 Å². The summed E-state index contributed by atoms with van der Waals surface area (Å²) in [5.74, 6) is 4.79. The Morgan fingerprint density at radius 2 is 1.89 bits per heavy atom. The monoisotopic (exact) mass is 404 g/mol. The molecule has 28 heavy (non-hydrogen) atoms. The van der Waals surface area contributed by atoms with Gasteiger partial charge in [0.1, 0.15) is 5.78 Å². The van der Waals surface area contributed by atoms with Crippen molar-refractivity contribution in [3.05, 3.63) is 11.6 Å². The van der Waals surface area contributed by atoms with Crippen molar-refractivity contribution in [2.24, 2.45) is 40.4 Å². The Morgan fingerprint density at radius 3 is 2.64 bits per heavy atom. The van der Waals surface area contributed by atoms with E-state index in [0.29, 0.717) is 22.0 Å². The summed E-state index contributed by atoms with van der Waals surface area (Å²) in [7, 11) is 0. The maximum atomic E-state index is 12.1. The molecule has 4 aliphatic rings. The van der Waals surface area contributed by atoms with Crippen LogP contribution in [0.2, 0.25) is 0 Å². The summed E-state index contributed by atoms with van der Waals surface area (Å²) in [6.07, 6.45) is 15.9. The maximum Gasteiger partial charge on any atom is 0.136 e. The van der Waals surface area contributed by atoms with Crippen LogP contribution in [0.1, 0.15) is 98.3 Å². The van der Waals surface area contributed by atoms with Gasteiger partial charge in [-0.15, -0.1) is 11.6 Å². The van der Waals surface area contributed by atoms with Gasteiger partial charge in [0.15, 0.2) is 0 Å². The van der Waals surface area contributed by atoms with Crippen molar-refractivity contribution in [1.29, 1.82) is 0 Å². The minimum atomic E-state index is 0.318. The highest BCUT2D eigenvalue weighted by Gasteiger charge is 2.59. The molecule has 0 amide bonds. The average molecular weight is 405 g/mol. The molecule has 0 saturated heterocycles. The van der Waals surface area contributed by atoms with Gasteiger partial charge in [-0.25, -0.2) is 0 Å². The molecule has 0 bridgehead atoms. The molecule has 4 rings (SSSR count). The fraction of sp³-hybridized carbons (Fsp3) is 0.885. The Labute approximate surface area is 178 Å². The molecule has 0 N–H and O–H groups in total. The van der Waals surface area contributed by atoms with Gasteiger partial charge in [0.05, 0.1) is 0 Å². The second kappa shape index (κ2) is 7.75. The number of hydrogen-bond acceptors (Lipinski definition) is 1. The summed E-state index contributed by atoms with van der Waals surface area (Å²) in [4.78, 5) is 12.1. The highest BCUT2D eigenvalue weighted by Crippen LogP contribution is 2.67. The first kappa shape index (κ1) is 21.0. The number of rotatable bonds is 5. The van der Waals surface area contributed by atoms with Gasteiger partial charge in [0.2, 0.25) is 0 Å². The van der Waals surface area contributed by atoms with E-state index < -0.39 is 0 Å². The van der Waals surface area contributed by atoms with Crippen molar-refractivity contribution in [1.82, 2.24) is 0 Å². The summed E-state index contributed by atoms with van der Waals surface area (Å²) >= 11 is 6.19. The van der Waals surface area contributed by atoms with Crippen LogP contribution in [0.25, 0.3) is 0 Å². The van der Waals surface area contributed by atoms with Gasteiger partial charge in [-0.05, 0) is 92.3 Å². The van der Waals surface area contributed by atoms with E-state index >= 15 is 0 Å². The summed E-state index contributed by atoms with van der Waals surface area (Å²) in [6.45, 7) is 9.81. The topological polar surface area (TPSA) is 17.1 Å². The van der Waals surface area contributed by atoms with Crippen LogP contribution in [0.3, 0.4) is 0 Å². The lowest BCUT2D eigenvalue weighted by Gasteiger charge is -2.58. The van der Waals surface area contributed by atoms with E-state index in [4.69, 9.17) is 11.6 Å². The van der Waals surface area contributed by atoms with Gasteiger partial charge in [0.25, 0.3) is 0 Å². The molecule has 8 atom stereocenters. The quantitative estimate of drug-likeness (QED) is 0.341. The molecule has 0 aliphatic heterocycles. The molecule has 2 heteroatoms. The molecule has 0 aromatic carbocycles. The molecule has 1 nitrogen and oxygen atoms in total. The lowest BCUT2D eigenvalue weighted by Crippen LogP contribution is -2.50. The van der Waals surface area contributed by atoms with Crippen molar-refractivity contribution >= 4 is 17.4 Å². The maximum absolute atomic E-state index is 12.1. The molecule has 0 spiro atoms. The highest BCUT2D eigenvalue weighted by molar-refractivity contribution is 6.20. The highest BCUT2D eigenvalue weighted by atomic mass is 35.5. The first-order chi connectivity index (χ1) is 13.3. The van der Waals surface area contributed by atoms with E-state index in [1.54, 1.807) is 0 Å². The normalized spacial score (nSPS) is 44.9. The third-order valence-electron chi connectivity index (χ3n) is 9.96. The van der Waals surface area contributed by atoms with Crippen LogP contribution in [0.4, 0.5) is 0 Å². The van der Waals surface area contributed by atoms with Crippen LogP contribution < -0.4 is 0 Å². The number of halogens is 1. The fourth-order valence-electron chi connectivity index (χ4n) is 8.37. The Balaban J connectivity index is 1.50. The zero-order chi connectivity index (χ0) is 20.1. The minimum absolute atomic E-state index is 0.318. The average Bonchev–Trinajstić information content (AvgIpc) is 2.99. The molecule has 0 aromatic rings. The number of carbonyl (C=O) groups excluding carboxylic acids is 1. The minimum Gasteiger partial charge on any atom is -0.299 e. The van der Waals surface area contributed by atoms with Gasteiger partial charge >= 0.3 is 0 Å². The van der Waals surface area contributed by atoms with Crippen molar-refractivity contribution in [2.45, 2.75) is 104 Å². The van der Waals surface area contributed by atoms with Crippen LogP contribution in [0.15, 0.2) is 11.6 Å². The number of Topliss-reactive ketones (excluding diaryl/α,β-unsaturated/α-hetero) is 1. The lowest BCUT2D eigenvalue weighted by molar-refractivity contribution is -0.122. The number of hydrogen-bond donors (Lipinski definition) is 0. The lowest BCUT2D eigenvalue weighted by atomic mass is 9.47. The van der Waals surface area contributed by atoms with Crippen LogP contribution in [-0.4, -0.2) is 11.2 Å². The van der Waals surface area contributed by atoms with E-state index in [1.807, 2.05) is 0 Å². The van der Waals surface area contributed by atoms with E-state index in [-0.39, 0.29) is 0 Å². The summed E-state index contributed by atoms with van der Waals surface area (Å²) < 4.78 is 0. The smallest absolute Gasteiger partial charge is 0.136 e. The third-order valence-corrected chi connectivity index (χ3v) is 10.2. The second-order valence-corrected chi connectivity index (χ2v) is 12.1. The zero-order valence-corrected chi connectivity index (χ0v) is 19.4. The molecule has 8 unspecified atom stereocenters. The van der Waals surface area contributed by atoms with Gasteiger partial charge < -0.3 is 0 Å². The first-order valence-electron chi connectivity index (χ1n) is 12.1. The van der Waals surface area contributed by atoms with E-state index in [1.165, 1.54) is 50.5 Å². The second-order valence-electron chi connectivity index (χ2n) is 11.4. The Morgan fingerprint density at radius 1 is 1.11 bits per heavy atom. The summed E-state index contributed by atoms with van der Waals surface area (Å²) in [5, 5.41) is 0.320. The number of allylic oxidation sites excluding steroid dienone is 2. The predicted octanol–water partition coefficient (Wildman–Crippen LogP) is 7.57. The first-order valence-corrected chi connectivity index (χ1v) is 12.5. The van der Waals surface area contributed by atoms with Crippen LogP contribution in [0.5, 0.6) is 0 Å². The zero-order valence-electron chi connectivity index (χ0n) is 18.6. The molecule has 158 valence electrons. The fourth-order valence-corrected chi connectivity index (χ4v) is 8.53. The largest absolute Gasteiger partial charge is 0.299 e. The molecule has 0 aromatic heterocycles. The molecule has 4 aliphatic carbocycles. The van der Waals surface area contributed by atoms with Crippen molar-refractivity contribution in [3.8, 4) is 0 Å². The van der Waals surface area contributed by atoms with Crippen molar-refractivity contribution in [2.75, 3.05) is 0 Å². The van der Waals surface area contributed by atoms with Crippen LogP contribution in [-0.2, 0) is 4.79 Å². The molecular weight excluding hydrogens is 364 g/mol. The Bertz CT molecular complexity index is 636. The molecular formula is C26H41ClO. The van der Waals surface area contributed by atoms with Crippen LogP contribution >= 0.6 is 11.6 Å². The van der Waals surface area contributed by atoms with Gasteiger partial charge in [0, 0.05) is 18.2 Å². The third kappa shape index (κ3) is 3.42. The molecule has 0 heterocycles.